The van der Waals surface area contributed by atoms with E-state index in [4.69, 9.17) is 4.74 Å². The van der Waals surface area contributed by atoms with Crippen LogP contribution in [-0.2, 0) is 0 Å². The van der Waals surface area contributed by atoms with Crippen molar-refractivity contribution in [3.63, 3.8) is 0 Å². The highest BCUT2D eigenvalue weighted by Gasteiger charge is 2.23. The number of aliphatic hydroxyl groups excluding tert-OH is 1. The van der Waals surface area contributed by atoms with Crippen molar-refractivity contribution in [1.82, 2.24) is 9.97 Å². The average molecular weight is 279 g/mol. The zero-order chi connectivity index (χ0) is 14.2. The van der Waals surface area contributed by atoms with Gasteiger partial charge < -0.3 is 15.2 Å². The van der Waals surface area contributed by atoms with Gasteiger partial charge in [-0.2, -0.15) is 0 Å². The van der Waals surface area contributed by atoms with Crippen molar-refractivity contribution in [2.24, 2.45) is 5.92 Å². The SMILES string of the molecule is CCOc1cc(NC(CCO)C2CCCCC2)ncn1. The Hall–Kier alpha value is -1.36. The van der Waals surface area contributed by atoms with Crippen LogP contribution in [0.4, 0.5) is 5.82 Å². The van der Waals surface area contributed by atoms with Gasteiger partial charge in [-0.1, -0.05) is 19.3 Å². The lowest BCUT2D eigenvalue weighted by Gasteiger charge is -2.31. The lowest BCUT2D eigenvalue weighted by atomic mass is 9.83. The number of nitrogens with zero attached hydrogens (tertiary/aromatic N) is 2. The fourth-order valence-corrected chi connectivity index (χ4v) is 2.94. The van der Waals surface area contributed by atoms with E-state index in [1.807, 2.05) is 13.0 Å². The van der Waals surface area contributed by atoms with Crippen LogP contribution in [0.3, 0.4) is 0 Å². The van der Waals surface area contributed by atoms with E-state index in [0.29, 0.717) is 18.4 Å². The molecule has 0 amide bonds. The van der Waals surface area contributed by atoms with E-state index in [-0.39, 0.29) is 12.6 Å². The Balaban J connectivity index is 2.00. The molecule has 1 atom stereocenters. The van der Waals surface area contributed by atoms with Crippen molar-refractivity contribution >= 4 is 5.82 Å². The van der Waals surface area contributed by atoms with E-state index in [9.17, 15) is 5.11 Å². The summed E-state index contributed by atoms with van der Waals surface area (Å²) in [6, 6.07) is 2.11. The third-order valence-corrected chi connectivity index (χ3v) is 3.93. The fraction of sp³-hybridized carbons (Fsp3) is 0.733. The predicted octanol–water partition coefficient (Wildman–Crippen LogP) is 2.62. The standard InChI is InChI=1S/C15H25N3O2/c1-2-20-15-10-14(16-11-17-15)18-13(8-9-19)12-6-4-3-5-7-12/h10-13,19H,2-9H2,1H3,(H,16,17,18). The summed E-state index contributed by atoms with van der Waals surface area (Å²) in [6.45, 7) is 2.74. The molecular formula is C15H25N3O2. The van der Waals surface area contributed by atoms with Gasteiger partial charge in [-0.3, -0.25) is 0 Å². The summed E-state index contributed by atoms with van der Waals surface area (Å²) in [5, 5.41) is 12.7. The first kappa shape index (κ1) is 15.0. The first-order valence-electron chi connectivity index (χ1n) is 7.65. The minimum atomic E-state index is 0.206. The summed E-state index contributed by atoms with van der Waals surface area (Å²) in [6.07, 6.45) is 8.68. The Morgan fingerprint density at radius 1 is 1.35 bits per heavy atom. The third kappa shape index (κ3) is 4.34. The van der Waals surface area contributed by atoms with E-state index >= 15 is 0 Å². The number of nitrogens with one attached hydrogen (secondary N) is 1. The molecule has 1 aromatic heterocycles. The summed E-state index contributed by atoms with van der Waals surface area (Å²) in [4.78, 5) is 8.33. The van der Waals surface area contributed by atoms with Crippen molar-refractivity contribution in [1.29, 1.82) is 0 Å². The van der Waals surface area contributed by atoms with Crippen LogP contribution in [0.2, 0.25) is 0 Å². The molecule has 0 saturated heterocycles. The molecule has 1 unspecified atom stereocenters. The van der Waals surface area contributed by atoms with Gasteiger partial charge in [0.1, 0.15) is 12.1 Å². The highest BCUT2D eigenvalue weighted by molar-refractivity contribution is 5.38. The molecule has 1 fully saturated rings. The Morgan fingerprint density at radius 3 is 2.85 bits per heavy atom. The van der Waals surface area contributed by atoms with Crippen molar-refractivity contribution in [2.45, 2.75) is 51.5 Å². The van der Waals surface area contributed by atoms with Gasteiger partial charge in [0.2, 0.25) is 5.88 Å². The van der Waals surface area contributed by atoms with Gasteiger partial charge in [-0.25, -0.2) is 9.97 Å². The Morgan fingerprint density at radius 2 is 2.15 bits per heavy atom. The lowest BCUT2D eigenvalue weighted by Crippen LogP contribution is -2.32. The van der Waals surface area contributed by atoms with Crippen LogP contribution < -0.4 is 10.1 Å². The van der Waals surface area contributed by atoms with Gasteiger partial charge in [0.25, 0.3) is 0 Å². The van der Waals surface area contributed by atoms with Crippen LogP contribution in [-0.4, -0.2) is 34.3 Å². The third-order valence-electron chi connectivity index (χ3n) is 3.93. The van der Waals surface area contributed by atoms with E-state index < -0.39 is 0 Å². The van der Waals surface area contributed by atoms with Crippen molar-refractivity contribution < 1.29 is 9.84 Å². The summed E-state index contributed by atoms with van der Waals surface area (Å²) < 4.78 is 5.39. The number of ether oxygens (including phenoxy) is 1. The maximum atomic E-state index is 9.29. The topological polar surface area (TPSA) is 67.3 Å². The molecule has 2 rings (SSSR count). The molecule has 1 aliphatic rings. The molecule has 1 aromatic rings. The zero-order valence-corrected chi connectivity index (χ0v) is 12.2. The lowest BCUT2D eigenvalue weighted by molar-refractivity contribution is 0.239. The molecule has 0 aromatic carbocycles. The molecular weight excluding hydrogens is 254 g/mol. The number of rotatable bonds is 7. The smallest absolute Gasteiger partial charge is 0.218 e. The Kier molecular flexibility index (Phi) is 6.05. The number of hydrogen-bond donors (Lipinski definition) is 2. The first-order chi connectivity index (χ1) is 9.83. The van der Waals surface area contributed by atoms with Crippen molar-refractivity contribution in [3.8, 4) is 5.88 Å². The van der Waals surface area contributed by atoms with Gasteiger partial charge in [-0.05, 0) is 32.1 Å². The molecule has 20 heavy (non-hydrogen) atoms. The monoisotopic (exact) mass is 279 g/mol. The summed E-state index contributed by atoms with van der Waals surface area (Å²) in [5.74, 6) is 2.00. The van der Waals surface area contributed by atoms with Crippen LogP contribution >= 0.6 is 0 Å². The minimum Gasteiger partial charge on any atom is -0.478 e. The van der Waals surface area contributed by atoms with Crippen molar-refractivity contribution in [3.05, 3.63) is 12.4 Å². The maximum Gasteiger partial charge on any atom is 0.218 e. The fourth-order valence-electron chi connectivity index (χ4n) is 2.94. The molecule has 0 aliphatic heterocycles. The highest BCUT2D eigenvalue weighted by Crippen LogP contribution is 2.29. The molecule has 1 aliphatic carbocycles. The molecule has 1 saturated carbocycles. The molecule has 1 heterocycles. The van der Waals surface area contributed by atoms with E-state index in [2.05, 4.69) is 15.3 Å². The molecule has 5 nitrogen and oxygen atoms in total. The van der Waals surface area contributed by atoms with E-state index in [0.717, 1.165) is 12.2 Å². The first-order valence-corrected chi connectivity index (χ1v) is 7.65. The predicted molar refractivity (Wildman–Crippen MR) is 78.9 cm³/mol. The average Bonchev–Trinajstić information content (AvgIpc) is 2.48. The normalized spacial score (nSPS) is 17.7. The quantitative estimate of drug-likeness (QED) is 0.803. The Bertz CT molecular complexity index is 394. The van der Waals surface area contributed by atoms with Crippen LogP contribution in [0.1, 0.15) is 45.4 Å². The van der Waals surface area contributed by atoms with Gasteiger partial charge in [0, 0.05) is 18.7 Å². The molecule has 112 valence electrons. The van der Waals surface area contributed by atoms with E-state index in [1.54, 1.807) is 0 Å². The van der Waals surface area contributed by atoms with Gasteiger partial charge in [0.05, 0.1) is 6.61 Å². The largest absolute Gasteiger partial charge is 0.478 e. The van der Waals surface area contributed by atoms with Crippen LogP contribution in [0.25, 0.3) is 0 Å². The van der Waals surface area contributed by atoms with Gasteiger partial charge in [-0.15, -0.1) is 0 Å². The zero-order valence-electron chi connectivity index (χ0n) is 12.2. The second-order valence-electron chi connectivity index (χ2n) is 5.34. The molecule has 0 radical (unpaired) electrons. The second-order valence-corrected chi connectivity index (χ2v) is 5.34. The number of aliphatic hydroxyl groups is 1. The van der Waals surface area contributed by atoms with Gasteiger partial charge in [0.15, 0.2) is 0 Å². The van der Waals surface area contributed by atoms with Crippen LogP contribution in [0.5, 0.6) is 5.88 Å². The molecule has 2 N–H and O–H groups in total. The van der Waals surface area contributed by atoms with Crippen molar-refractivity contribution in [2.75, 3.05) is 18.5 Å². The number of aromatic nitrogens is 2. The summed E-state index contributed by atoms with van der Waals surface area (Å²) >= 11 is 0. The van der Waals surface area contributed by atoms with Crippen LogP contribution in [0, 0.1) is 5.92 Å². The second kappa shape index (κ2) is 8.04. The summed E-state index contributed by atoms with van der Waals surface area (Å²) in [5.41, 5.74) is 0. The Labute approximate surface area is 120 Å². The van der Waals surface area contributed by atoms with Crippen LogP contribution in [0.15, 0.2) is 12.4 Å². The minimum absolute atomic E-state index is 0.206. The van der Waals surface area contributed by atoms with E-state index in [1.165, 1.54) is 38.4 Å². The molecule has 0 bridgehead atoms. The van der Waals surface area contributed by atoms with Gasteiger partial charge >= 0.3 is 0 Å². The number of anilines is 1. The highest BCUT2D eigenvalue weighted by atomic mass is 16.5. The maximum absolute atomic E-state index is 9.29. The summed E-state index contributed by atoms with van der Waals surface area (Å²) in [7, 11) is 0. The number of hydrogen-bond acceptors (Lipinski definition) is 5. The molecule has 5 heteroatoms. The molecule has 0 spiro atoms.